The van der Waals surface area contributed by atoms with Gasteiger partial charge in [-0.25, -0.2) is 4.79 Å². The minimum atomic E-state index is -0.295. The molecule has 0 spiro atoms. The number of ether oxygens (including phenoxy) is 1. The second-order valence-electron chi connectivity index (χ2n) is 3.70. The standard InChI is InChI=1S/C13H19NO2S/c1-16-13(15)11-6-5-7-12(10-11)14-8-3-4-9-17-2/h5-7,10,14H,3-4,8-9H2,1-2H3. The molecule has 0 amide bonds. The maximum Gasteiger partial charge on any atom is 0.337 e. The van der Waals surface area contributed by atoms with Crippen LogP contribution in [0, 0.1) is 0 Å². The fourth-order valence-corrected chi connectivity index (χ4v) is 1.97. The highest BCUT2D eigenvalue weighted by Crippen LogP contribution is 2.11. The highest BCUT2D eigenvalue weighted by Gasteiger charge is 2.04. The smallest absolute Gasteiger partial charge is 0.337 e. The van der Waals surface area contributed by atoms with E-state index < -0.39 is 0 Å². The average molecular weight is 253 g/mol. The molecule has 0 fully saturated rings. The molecule has 0 unspecified atom stereocenters. The molecule has 1 N–H and O–H groups in total. The zero-order valence-electron chi connectivity index (χ0n) is 10.4. The zero-order valence-corrected chi connectivity index (χ0v) is 11.2. The maximum absolute atomic E-state index is 11.3. The Balaban J connectivity index is 2.40. The van der Waals surface area contributed by atoms with Crippen LogP contribution in [0.2, 0.25) is 0 Å². The number of thioether (sulfide) groups is 1. The average Bonchev–Trinajstić information content (AvgIpc) is 2.38. The van der Waals surface area contributed by atoms with E-state index in [4.69, 9.17) is 0 Å². The van der Waals surface area contributed by atoms with Gasteiger partial charge in [0, 0.05) is 12.2 Å². The van der Waals surface area contributed by atoms with Crippen LogP contribution in [-0.4, -0.2) is 31.6 Å². The van der Waals surface area contributed by atoms with Crippen molar-refractivity contribution in [3.8, 4) is 0 Å². The van der Waals surface area contributed by atoms with E-state index in [0.29, 0.717) is 5.56 Å². The Kier molecular flexibility index (Phi) is 6.55. The first-order valence-corrected chi connectivity index (χ1v) is 7.08. The summed E-state index contributed by atoms with van der Waals surface area (Å²) in [6.45, 7) is 0.936. The van der Waals surface area contributed by atoms with Gasteiger partial charge in [-0.2, -0.15) is 11.8 Å². The molecule has 0 aliphatic rings. The SMILES string of the molecule is COC(=O)c1cccc(NCCCCSC)c1. The van der Waals surface area contributed by atoms with E-state index in [1.165, 1.54) is 19.3 Å². The van der Waals surface area contributed by atoms with Gasteiger partial charge < -0.3 is 10.1 Å². The van der Waals surface area contributed by atoms with Crippen molar-refractivity contribution in [3.05, 3.63) is 29.8 Å². The van der Waals surface area contributed by atoms with Crippen LogP contribution in [0.4, 0.5) is 5.69 Å². The second-order valence-corrected chi connectivity index (χ2v) is 4.68. The normalized spacial score (nSPS) is 10.0. The lowest BCUT2D eigenvalue weighted by atomic mass is 10.2. The number of benzene rings is 1. The molecule has 0 radical (unpaired) electrons. The molecule has 1 aromatic rings. The van der Waals surface area contributed by atoms with Gasteiger partial charge in [0.2, 0.25) is 0 Å². The molecular weight excluding hydrogens is 234 g/mol. The van der Waals surface area contributed by atoms with Crippen LogP contribution in [0.5, 0.6) is 0 Å². The van der Waals surface area contributed by atoms with Gasteiger partial charge in [0.1, 0.15) is 0 Å². The summed E-state index contributed by atoms with van der Waals surface area (Å²) in [7, 11) is 1.39. The number of carbonyl (C=O) groups is 1. The Morgan fingerprint density at radius 3 is 2.94 bits per heavy atom. The molecule has 17 heavy (non-hydrogen) atoms. The molecule has 1 aromatic carbocycles. The predicted molar refractivity (Wildman–Crippen MR) is 73.9 cm³/mol. The highest BCUT2D eigenvalue weighted by molar-refractivity contribution is 7.98. The molecular formula is C13H19NO2S. The first-order valence-electron chi connectivity index (χ1n) is 5.69. The van der Waals surface area contributed by atoms with Crippen LogP contribution < -0.4 is 5.32 Å². The minimum absolute atomic E-state index is 0.295. The molecule has 94 valence electrons. The lowest BCUT2D eigenvalue weighted by Crippen LogP contribution is -2.05. The first-order chi connectivity index (χ1) is 8.27. The maximum atomic E-state index is 11.3. The van der Waals surface area contributed by atoms with Crippen LogP contribution in [0.25, 0.3) is 0 Å². The van der Waals surface area contributed by atoms with E-state index in [2.05, 4.69) is 16.3 Å². The fourth-order valence-electron chi connectivity index (χ4n) is 1.48. The number of esters is 1. The molecule has 1 rings (SSSR count). The van der Waals surface area contributed by atoms with Crippen LogP contribution in [0.15, 0.2) is 24.3 Å². The first kappa shape index (κ1) is 13.9. The third kappa shape index (κ3) is 5.13. The van der Waals surface area contributed by atoms with Crippen molar-refractivity contribution in [1.29, 1.82) is 0 Å². The summed E-state index contributed by atoms with van der Waals surface area (Å²) in [5.41, 5.74) is 1.55. The van der Waals surface area contributed by atoms with Crippen molar-refractivity contribution >= 4 is 23.4 Å². The van der Waals surface area contributed by atoms with E-state index in [1.807, 2.05) is 30.0 Å². The summed E-state index contributed by atoms with van der Waals surface area (Å²) < 4.78 is 4.68. The van der Waals surface area contributed by atoms with Gasteiger partial charge in [0.25, 0.3) is 0 Å². The third-order valence-corrected chi connectivity index (χ3v) is 3.08. The lowest BCUT2D eigenvalue weighted by Gasteiger charge is -2.07. The number of carbonyl (C=O) groups excluding carboxylic acids is 1. The van der Waals surface area contributed by atoms with Crippen molar-refractivity contribution in [2.45, 2.75) is 12.8 Å². The van der Waals surface area contributed by atoms with Gasteiger partial charge in [-0.15, -0.1) is 0 Å². The molecule has 3 nitrogen and oxygen atoms in total. The second kappa shape index (κ2) is 8.01. The Morgan fingerprint density at radius 2 is 2.24 bits per heavy atom. The number of anilines is 1. The fraction of sp³-hybridized carbons (Fsp3) is 0.462. The monoisotopic (exact) mass is 253 g/mol. The number of nitrogens with one attached hydrogen (secondary N) is 1. The Hall–Kier alpha value is -1.16. The Labute approximate surface area is 107 Å². The number of hydrogen-bond acceptors (Lipinski definition) is 4. The molecule has 0 aliphatic carbocycles. The molecule has 0 aromatic heterocycles. The molecule has 0 bridgehead atoms. The number of methoxy groups -OCH3 is 1. The van der Waals surface area contributed by atoms with Crippen LogP contribution >= 0.6 is 11.8 Å². The van der Waals surface area contributed by atoms with E-state index >= 15 is 0 Å². The van der Waals surface area contributed by atoms with Crippen LogP contribution in [0.1, 0.15) is 23.2 Å². The summed E-state index contributed by atoms with van der Waals surface area (Å²) in [5, 5.41) is 3.31. The van der Waals surface area contributed by atoms with E-state index in [0.717, 1.165) is 18.7 Å². The predicted octanol–water partition coefficient (Wildman–Crippen LogP) is 3.03. The summed E-state index contributed by atoms with van der Waals surface area (Å²) in [4.78, 5) is 11.3. The number of unbranched alkanes of at least 4 members (excludes halogenated alkanes) is 1. The Bertz CT molecular complexity index is 355. The summed E-state index contributed by atoms with van der Waals surface area (Å²) in [5.74, 6) is 0.903. The Morgan fingerprint density at radius 1 is 1.41 bits per heavy atom. The van der Waals surface area contributed by atoms with E-state index in [1.54, 1.807) is 6.07 Å². The van der Waals surface area contributed by atoms with Gasteiger partial charge in [-0.1, -0.05) is 6.07 Å². The van der Waals surface area contributed by atoms with Crippen LogP contribution in [-0.2, 0) is 4.74 Å². The van der Waals surface area contributed by atoms with Gasteiger partial charge >= 0.3 is 5.97 Å². The quantitative estimate of drug-likeness (QED) is 0.599. The number of rotatable bonds is 7. The van der Waals surface area contributed by atoms with Gasteiger partial charge in [0.15, 0.2) is 0 Å². The van der Waals surface area contributed by atoms with Gasteiger partial charge in [-0.05, 0) is 43.0 Å². The summed E-state index contributed by atoms with van der Waals surface area (Å²) >= 11 is 1.87. The molecule has 0 saturated heterocycles. The molecule has 4 heteroatoms. The zero-order chi connectivity index (χ0) is 12.5. The van der Waals surface area contributed by atoms with Crippen molar-refractivity contribution in [3.63, 3.8) is 0 Å². The molecule has 0 saturated carbocycles. The van der Waals surface area contributed by atoms with Crippen molar-refractivity contribution in [2.75, 3.05) is 31.0 Å². The largest absolute Gasteiger partial charge is 0.465 e. The van der Waals surface area contributed by atoms with Crippen molar-refractivity contribution in [1.82, 2.24) is 0 Å². The minimum Gasteiger partial charge on any atom is -0.465 e. The van der Waals surface area contributed by atoms with Gasteiger partial charge in [-0.3, -0.25) is 0 Å². The van der Waals surface area contributed by atoms with E-state index in [-0.39, 0.29) is 5.97 Å². The third-order valence-electron chi connectivity index (χ3n) is 2.39. The van der Waals surface area contributed by atoms with Crippen molar-refractivity contribution < 1.29 is 9.53 Å². The van der Waals surface area contributed by atoms with Gasteiger partial charge in [0.05, 0.1) is 12.7 Å². The lowest BCUT2D eigenvalue weighted by molar-refractivity contribution is 0.0601. The topological polar surface area (TPSA) is 38.3 Å². The van der Waals surface area contributed by atoms with Crippen LogP contribution in [0.3, 0.4) is 0 Å². The molecule has 0 aliphatic heterocycles. The summed E-state index contributed by atoms with van der Waals surface area (Å²) in [6.07, 6.45) is 4.47. The highest BCUT2D eigenvalue weighted by atomic mass is 32.2. The van der Waals surface area contributed by atoms with E-state index in [9.17, 15) is 4.79 Å². The molecule has 0 heterocycles. The molecule has 0 atom stereocenters. The van der Waals surface area contributed by atoms with Crippen molar-refractivity contribution in [2.24, 2.45) is 0 Å². The number of hydrogen-bond donors (Lipinski definition) is 1. The summed E-state index contributed by atoms with van der Waals surface area (Å²) in [6, 6.07) is 7.39.